The van der Waals surface area contributed by atoms with Crippen LogP contribution in [0.4, 0.5) is 4.39 Å². The molecule has 1 aromatic heterocycles. The second-order valence-electron chi connectivity index (χ2n) is 10.2. The fourth-order valence-corrected chi connectivity index (χ4v) is 5.29. The third-order valence-electron chi connectivity index (χ3n) is 7.53. The first-order chi connectivity index (χ1) is 19.6. The number of methoxy groups -OCH3 is 1. The van der Waals surface area contributed by atoms with Crippen LogP contribution in [-0.4, -0.2) is 65.7 Å². The number of nitrogens with zero attached hydrogens (tertiary/aromatic N) is 4. The van der Waals surface area contributed by atoms with Crippen LogP contribution < -0.4 is 15.0 Å². The maximum atomic E-state index is 13.5. The Balaban J connectivity index is 1.19. The zero-order chi connectivity index (χ0) is 27.7. The SMILES string of the molecule is COc1cccc2c(=O)n(CCCN3CCN(CCCc4ccccc4)CC3)c(COc3ccc(F)cc3)nc12. The summed E-state index contributed by atoms with van der Waals surface area (Å²) in [6, 6.07) is 21.9. The van der Waals surface area contributed by atoms with E-state index in [0.29, 0.717) is 34.8 Å². The number of hydrogen-bond donors (Lipinski definition) is 0. The Morgan fingerprint density at radius 2 is 1.52 bits per heavy atom. The van der Waals surface area contributed by atoms with E-state index in [9.17, 15) is 9.18 Å². The molecule has 0 aliphatic carbocycles. The van der Waals surface area contributed by atoms with Crippen molar-refractivity contribution in [3.8, 4) is 11.5 Å². The predicted octanol–water partition coefficient (Wildman–Crippen LogP) is 4.76. The molecule has 210 valence electrons. The molecule has 0 atom stereocenters. The largest absolute Gasteiger partial charge is 0.494 e. The third kappa shape index (κ3) is 7.06. The highest BCUT2D eigenvalue weighted by Gasteiger charge is 2.18. The molecule has 5 rings (SSSR count). The molecule has 3 aromatic carbocycles. The lowest BCUT2D eigenvalue weighted by Gasteiger charge is -2.34. The predicted molar refractivity (Wildman–Crippen MR) is 156 cm³/mol. The van der Waals surface area contributed by atoms with Gasteiger partial charge in [-0.2, -0.15) is 0 Å². The summed E-state index contributed by atoms with van der Waals surface area (Å²) in [5.41, 5.74) is 1.82. The van der Waals surface area contributed by atoms with Crippen LogP contribution in [0.5, 0.6) is 11.5 Å². The van der Waals surface area contributed by atoms with Crippen molar-refractivity contribution in [1.82, 2.24) is 19.4 Å². The van der Waals surface area contributed by atoms with Crippen molar-refractivity contribution in [2.24, 2.45) is 0 Å². The number of aryl methyl sites for hydroxylation is 1. The van der Waals surface area contributed by atoms with E-state index in [2.05, 4.69) is 40.1 Å². The Hall–Kier alpha value is -3.75. The first-order valence-electron chi connectivity index (χ1n) is 14.0. The Morgan fingerprint density at radius 3 is 2.23 bits per heavy atom. The number of piperazine rings is 1. The molecule has 0 saturated carbocycles. The van der Waals surface area contributed by atoms with Crippen molar-refractivity contribution < 1.29 is 13.9 Å². The molecule has 0 spiro atoms. The van der Waals surface area contributed by atoms with Gasteiger partial charge in [-0.25, -0.2) is 9.37 Å². The van der Waals surface area contributed by atoms with Crippen LogP contribution in [-0.2, 0) is 19.6 Å². The molecule has 1 saturated heterocycles. The Morgan fingerprint density at radius 1 is 0.825 bits per heavy atom. The smallest absolute Gasteiger partial charge is 0.261 e. The molecule has 40 heavy (non-hydrogen) atoms. The normalized spacial score (nSPS) is 14.4. The van der Waals surface area contributed by atoms with E-state index in [1.54, 1.807) is 35.9 Å². The van der Waals surface area contributed by atoms with Crippen LogP contribution in [0.25, 0.3) is 10.9 Å². The molecule has 4 aromatic rings. The zero-order valence-corrected chi connectivity index (χ0v) is 23.1. The van der Waals surface area contributed by atoms with Gasteiger partial charge in [-0.1, -0.05) is 36.4 Å². The van der Waals surface area contributed by atoms with E-state index in [0.717, 1.165) is 52.1 Å². The van der Waals surface area contributed by atoms with Crippen LogP contribution in [0, 0.1) is 5.82 Å². The molecular formula is C32H37FN4O3. The first kappa shape index (κ1) is 27.8. The zero-order valence-electron chi connectivity index (χ0n) is 23.1. The number of aromatic nitrogens is 2. The summed E-state index contributed by atoms with van der Waals surface area (Å²) in [4.78, 5) is 23.4. The number of para-hydroxylation sites is 1. The number of rotatable bonds is 12. The monoisotopic (exact) mass is 544 g/mol. The van der Waals surface area contributed by atoms with Crippen molar-refractivity contribution in [3.05, 3.63) is 100 Å². The van der Waals surface area contributed by atoms with Gasteiger partial charge < -0.3 is 19.3 Å². The van der Waals surface area contributed by atoms with Gasteiger partial charge in [0.05, 0.1) is 12.5 Å². The van der Waals surface area contributed by atoms with E-state index in [-0.39, 0.29) is 18.0 Å². The highest BCUT2D eigenvalue weighted by atomic mass is 19.1. The van der Waals surface area contributed by atoms with Crippen LogP contribution in [0.2, 0.25) is 0 Å². The second-order valence-corrected chi connectivity index (χ2v) is 10.2. The van der Waals surface area contributed by atoms with Crippen molar-refractivity contribution in [3.63, 3.8) is 0 Å². The van der Waals surface area contributed by atoms with Crippen LogP contribution in [0.15, 0.2) is 77.6 Å². The summed E-state index contributed by atoms with van der Waals surface area (Å²) >= 11 is 0. The van der Waals surface area contributed by atoms with Gasteiger partial charge in [0.2, 0.25) is 0 Å². The molecule has 0 N–H and O–H groups in total. The van der Waals surface area contributed by atoms with Gasteiger partial charge in [-0.3, -0.25) is 9.36 Å². The number of hydrogen-bond acceptors (Lipinski definition) is 6. The molecule has 1 aliphatic heterocycles. The van der Waals surface area contributed by atoms with Gasteiger partial charge in [-0.05, 0) is 74.3 Å². The number of benzene rings is 3. The minimum atomic E-state index is -0.328. The maximum Gasteiger partial charge on any atom is 0.261 e. The average Bonchev–Trinajstić information content (AvgIpc) is 2.99. The highest BCUT2D eigenvalue weighted by molar-refractivity contribution is 5.83. The summed E-state index contributed by atoms with van der Waals surface area (Å²) in [6.07, 6.45) is 3.12. The Kier molecular flexibility index (Phi) is 9.42. The molecular weight excluding hydrogens is 507 g/mol. The topological polar surface area (TPSA) is 59.8 Å². The number of fused-ring (bicyclic) bond motifs is 1. The van der Waals surface area contributed by atoms with E-state index in [4.69, 9.17) is 14.5 Å². The Labute approximate surface area is 234 Å². The summed E-state index contributed by atoms with van der Waals surface area (Å²) in [5.74, 6) is 1.26. The lowest BCUT2D eigenvalue weighted by Crippen LogP contribution is -2.47. The van der Waals surface area contributed by atoms with Crippen LogP contribution in [0.1, 0.15) is 24.2 Å². The second kappa shape index (κ2) is 13.5. The van der Waals surface area contributed by atoms with Gasteiger partial charge in [0.15, 0.2) is 0 Å². The van der Waals surface area contributed by atoms with Crippen molar-refractivity contribution in [2.75, 3.05) is 46.4 Å². The summed E-state index contributed by atoms with van der Waals surface area (Å²) in [7, 11) is 1.57. The molecule has 0 radical (unpaired) electrons. The summed E-state index contributed by atoms with van der Waals surface area (Å²) in [6.45, 7) is 6.89. The van der Waals surface area contributed by atoms with Crippen molar-refractivity contribution in [2.45, 2.75) is 32.4 Å². The van der Waals surface area contributed by atoms with Gasteiger partial charge in [0.1, 0.15) is 35.3 Å². The summed E-state index contributed by atoms with van der Waals surface area (Å²) < 4.78 is 26.4. The number of ether oxygens (including phenoxy) is 2. The summed E-state index contributed by atoms with van der Waals surface area (Å²) in [5, 5.41) is 0.522. The quantitative estimate of drug-likeness (QED) is 0.256. The van der Waals surface area contributed by atoms with Crippen molar-refractivity contribution in [1.29, 1.82) is 0 Å². The highest BCUT2D eigenvalue weighted by Crippen LogP contribution is 2.22. The fraction of sp³-hybridized carbons (Fsp3) is 0.375. The molecule has 0 amide bonds. The molecule has 0 bridgehead atoms. The van der Waals surface area contributed by atoms with E-state index in [1.165, 1.54) is 24.1 Å². The third-order valence-corrected chi connectivity index (χ3v) is 7.53. The molecule has 2 heterocycles. The van der Waals surface area contributed by atoms with E-state index in [1.807, 2.05) is 6.07 Å². The van der Waals surface area contributed by atoms with Gasteiger partial charge in [-0.15, -0.1) is 0 Å². The molecule has 7 nitrogen and oxygen atoms in total. The standard InChI is InChI=1S/C32H37FN4O3/c1-39-29-12-5-11-28-31(29)34-30(24-40-27-15-13-26(33)14-16-27)37(32(28)38)19-7-18-36-22-20-35(21-23-36)17-6-10-25-8-3-2-4-9-25/h2-5,8-9,11-16H,6-7,10,17-24H2,1H3. The van der Waals surface area contributed by atoms with E-state index < -0.39 is 0 Å². The average molecular weight is 545 g/mol. The molecule has 1 aliphatic rings. The van der Waals surface area contributed by atoms with Crippen LogP contribution >= 0.6 is 0 Å². The van der Waals surface area contributed by atoms with Gasteiger partial charge >= 0.3 is 0 Å². The van der Waals surface area contributed by atoms with Gasteiger partial charge in [0, 0.05) is 32.7 Å². The lowest BCUT2D eigenvalue weighted by molar-refractivity contribution is 0.129. The van der Waals surface area contributed by atoms with Crippen LogP contribution in [0.3, 0.4) is 0 Å². The fourth-order valence-electron chi connectivity index (χ4n) is 5.29. The number of halogens is 1. The maximum absolute atomic E-state index is 13.5. The Bertz CT molecular complexity index is 1430. The lowest BCUT2D eigenvalue weighted by atomic mass is 10.1. The minimum Gasteiger partial charge on any atom is -0.494 e. The van der Waals surface area contributed by atoms with Crippen molar-refractivity contribution >= 4 is 10.9 Å². The first-order valence-corrected chi connectivity index (χ1v) is 14.0. The molecule has 0 unspecified atom stereocenters. The molecule has 1 fully saturated rings. The van der Waals surface area contributed by atoms with Gasteiger partial charge in [0.25, 0.3) is 5.56 Å². The minimum absolute atomic E-state index is 0.0938. The van der Waals surface area contributed by atoms with E-state index >= 15 is 0 Å². The molecule has 8 heteroatoms.